The summed E-state index contributed by atoms with van der Waals surface area (Å²) in [7, 11) is 0. The minimum absolute atomic E-state index is 0. The zero-order valence-electron chi connectivity index (χ0n) is 42.5. The van der Waals surface area contributed by atoms with E-state index in [-0.39, 0.29) is 65.1 Å². The van der Waals surface area contributed by atoms with Gasteiger partial charge in [0.1, 0.15) is 5.58 Å². The van der Waals surface area contributed by atoms with Gasteiger partial charge >= 0.3 is 0 Å². The van der Waals surface area contributed by atoms with Crippen LogP contribution in [0, 0.1) is 49.4 Å². The first-order chi connectivity index (χ1) is 31.6. The molecular weight excluding hydrogens is 875 g/mol. The van der Waals surface area contributed by atoms with Crippen LogP contribution in [-0.4, -0.2) is 9.97 Å². The fourth-order valence-corrected chi connectivity index (χ4v) is 7.33. The van der Waals surface area contributed by atoms with Gasteiger partial charge in [0.15, 0.2) is 0 Å². The third-order valence-electron chi connectivity index (χ3n) is 10.5. The summed E-state index contributed by atoms with van der Waals surface area (Å²) in [6, 6.07) is 40.2. The van der Waals surface area contributed by atoms with Crippen molar-refractivity contribution in [2.24, 2.45) is 5.41 Å². The Morgan fingerprint density at radius 1 is 0.789 bits per heavy atom. The SMILES string of the molecule is [2H]C([2H])([2H])c1ccc(-c2[c-]cccc2)nc1.[2H]c1cc(C2([2H])CCC(C)(C)CC2)cc(C([2H])([2H])[2H])c1-c1cc(-c2[c-]ccc3c2oc2c(-c4ccccc4)c(C#N)ccc23)ncc1C([2H])([2H])[2H].[Ir]. The molecule has 4 nitrogen and oxygen atoms in total. The first-order valence-corrected chi connectivity index (χ1v) is 18.5. The largest absolute Gasteiger partial charge is 0.500 e. The van der Waals surface area contributed by atoms with E-state index in [9.17, 15) is 8.00 Å². The van der Waals surface area contributed by atoms with E-state index in [0.29, 0.717) is 46.3 Å². The minimum atomic E-state index is -2.71. The molecule has 0 saturated heterocycles. The van der Waals surface area contributed by atoms with Gasteiger partial charge in [0.05, 0.1) is 18.6 Å². The summed E-state index contributed by atoms with van der Waals surface area (Å²) in [5.41, 5.74) is 5.50. The molecule has 8 aromatic rings. The van der Waals surface area contributed by atoms with Crippen LogP contribution >= 0.6 is 0 Å². The molecule has 3 heterocycles. The topological polar surface area (TPSA) is 62.7 Å². The third kappa shape index (κ3) is 8.26. The fourth-order valence-electron chi connectivity index (χ4n) is 7.33. The molecule has 1 saturated carbocycles. The summed E-state index contributed by atoms with van der Waals surface area (Å²) in [5.74, 6) is -1.06. The van der Waals surface area contributed by atoms with Crippen LogP contribution in [0.15, 0.2) is 132 Å². The molecule has 1 fully saturated rings. The zero-order valence-corrected chi connectivity index (χ0v) is 33.9. The minimum Gasteiger partial charge on any atom is -0.500 e. The molecule has 0 spiro atoms. The number of hydrogen-bond acceptors (Lipinski definition) is 4. The van der Waals surface area contributed by atoms with Crippen LogP contribution in [0.2, 0.25) is 0 Å². The monoisotopic (exact) mass is 931 g/mol. The van der Waals surface area contributed by atoms with Gasteiger partial charge in [0, 0.05) is 57.2 Å². The summed E-state index contributed by atoms with van der Waals surface area (Å²) in [6.07, 6.45) is 5.24. The maximum atomic E-state index is 9.99. The first-order valence-electron chi connectivity index (χ1n) is 24.0. The number of hydrogen-bond donors (Lipinski definition) is 0. The second-order valence-corrected chi connectivity index (χ2v) is 14.8. The van der Waals surface area contributed by atoms with Crippen LogP contribution in [-0.2, 0) is 20.1 Å². The molecular formula is C52H45IrN3O-2. The zero-order chi connectivity index (χ0) is 48.1. The molecule has 0 aliphatic heterocycles. The Kier molecular flexibility index (Phi) is 8.22. The van der Waals surface area contributed by atoms with Crippen molar-refractivity contribution in [3.63, 3.8) is 0 Å². The average molecular weight is 931 g/mol. The van der Waals surface area contributed by atoms with Gasteiger partial charge in [0.25, 0.3) is 0 Å². The fraction of sp³-hybridized carbons (Fsp3) is 0.212. The Balaban J connectivity index is 0.000000340. The van der Waals surface area contributed by atoms with E-state index in [0.717, 1.165) is 40.4 Å². The van der Waals surface area contributed by atoms with E-state index in [1.165, 1.54) is 30.6 Å². The molecule has 9 rings (SSSR count). The van der Waals surface area contributed by atoms with E-state index in [1.54, 1.807) is 30.3 Å². The molecule has 0 amide bonds. The second kappa shape index (κ2) is 16.8. The molecule has 0 bridgehead atoms. The van der Waals surface area contributed by atoms with Crippen LogP contribution in [0.4, 0.5) is 0 Å². The van der Waals surface area contributed by atoms with Gasteiger partial charge in [-0.1, -0.05) is 97.6 Å². The quantitative estimate of drug-likeness (QED) is 0.161. The van der Waals surface area contributed by atoms with Gasteiger partial charge < -0.3 is 14.4 Å². The second-order valence-electron chi connectivity index (χ2n) is 14.8. The van der Waals surface area contributed by atoms with E-state index in [4.69, 9.17) is 16.8 Å². The van der Waals surface area contributed by atoms with E-state index < -0.39 is 26.4 Å². The number of aromatic nitrogens is 2. The molecule has 5 heteroatoms. The van der Waals surface area contributed by atoms with Gasteiger partial charge in [0.2, 0.25) is 0 Å². The van der Waals surface area contributed by atoms with Crippen molar-refractivity contribution in [2.75, 3.05) is 0 Å². The Labute approximate surface area is 365 Å². The standard InChI is InChI=1S/C40H35N2O.C12H10N.Ir/c1-25-21-29(27-17-19-40(3,4)20-18-27)13-15-31(25)35-22-36(42-24-26(35)2)34-12-8-11-32-33-16-14-30(23-41)37(39(33)43-38(32)34)28-9-6-5-7-10-28;1-10-7-8-12(13-9-10)11-5-3-2-4-6-11;/h5-11,13-16,21-22,24,27H,17-20H2,1-4H3;2-5,7-9H,1H3;/q2*-1;/i1D3,2D3,15D,27D;1D3;. The molecule has 285 valence electrons. The smallest absolute Gasteiger partial charge is 0.130 e. The molecule has 1 aliphatic carbocycles. The predicted molar refractivity (Wildman–Crippen MR) is 229 cm³/mol. The van der Waals surface area contributed by atoms with Gasteiger partial charge in [-0.05, 0) is 114 Å². The third-order valence-corrected chi connectivity index (χ3v) is 10.5. The number of pyridine rings is 2. The van der Waals surface area contributed by atoms with Crippen molar-refractivity contribution < 1.29 is 39.6 Å². The molecule has 0 unspecified atom stereocenters. The maximum Gasteiger partial charge on any atom is 0.130 e. The van der Waals surface area contributed by atoms with Crippen LogP contribution in [0.1, 0.15) is 88.3 Å². The molecule has 1 aliphatic rings. The van der Waals surface area contributed by atoms with Crippen molar-refractivity contribution in [1.82, 2.24) is 9.97 Å². The van der Waals surface area contributed by atoms with Gasteiger partial charge in [-0.3, -0.25) is 0 Å². The van der Waals surface area contributed by atoms with Crippen molar-refractivity contribution in [2.45, 2.75) is 66.0 Å². The molecule has 3 aromatic heterocycles. The summed E-state index contributed by atoms with van der Waals surface area (Å²) in [5, 5.41) is 11.5. The Morgan fingerprint density at radius 2 is 1.58 bits per heavy atom. The van der Waals surface area contributed by atoms with Crippen molar-refractivity contribution in [3.8, 4) is 50.8 Å². The summed E-state index contributed by atoms with van der Waals surface area (Å²) in [4.78, 5) is 8.66. The molecule has 1 radical (unpaired) electrons. The van der Waals surface area contributed by atoms with Crippen molar-refractivity contribution in [1.29, 1.82) is 5.26 Å². The molecule has 0 atom stereocenters. The van der Waals surface area contributed by atoms with Crippen molar-refractivity contribution in [3.05, 3.63) is 168 Å². The average Bonchev–Trinajstić information content (AvgIpc) is 3.68. The number of nitrogens with zero attached hydrogens (tertiary/aromatic N) is 3. The summed E-state index contributed by atoms with van der Waals surface area (Å²) < 4.78 is 97.4. The number of nitriles is 1. The number of aryl methyl sites for hydroxylation is 3. The van der Waals surface area contributed by atoms with Crippen molar-refractivity contribution >= 4 is 21.9 Å². The van der Waals surface area contributed by atoms with Crippen LogP contribution in [0.3, 0.4) is 0 Å². The molecule has 0 N–H and O–H groups in total. The van der Waals surface area contributed by atoms with Crippen LogP contribution in [0.25, 0.3) is 66.7 Å². The first kappa shape index (κ1) is 27.9. The summed E-state index contributed by atoms with van der Waals surface area (Å²) >= 11 is 0. The molecule has 57 heavy (non-hydrogen) atoms. The van der Waals surface area contributed by atoms with E-state index in [2.05, 4.69) is 42.0 Å². The number of fused-ring (bicyclic) bond motifs is 3. The Morgan fingerprint density at radius 3 is 2.30 bits per heavy atom. The molecule has 5 aromatic carbocycles. The van der Waals surface area contributed by atoms with Crippen LogP contribution in [0.5, 0.6) is 0 Å². The normalized spacial score (nSPS) is 17.7. The Hall–Kier alpha value is -5.66. The predicted octanol–water partition coefficient (Wildman–Crippen LogP) is 13.8. The summed E-state index contributed by atoms with van der Waals surface area (Å²) in [6.45, 7) is -3.17. The number of furan rings is 1. The van der Waals surface area contributed by atoms with Gasteiger partial charge in [-0.25, -0.2) is 0 Å². The maximum absolute atomic E-state index is 9.99. The number of benzene rings is 5. The van der Waals surface area contributed by atoms with E-state index >= 15 is 0 Å². The van der Waals surface area contributed by atoms with Gasteiger partial charge in [-0.2, -0.15) is 5.26 Å². The van der Waals surface area contributed by atoms with Gasteiger partial charge in [-0.15, -0.1) is 54.1 Å². The van der Waals surface area contributed by atoms with Crippen LogP contribution < -0.4 is 0 Å². The van der Waals surface area contributed by atoms with E-state index in [1.807, 2.05) is 60.7 Å². The number of rotatable bonds is 5. The Bertz CT molecular complexity index is 3150.